The van der Waals surface area contributed by atoms with Crippen molar-refractivity contribution in [1.29, 1.82) is 10.8 Å². The topological polar surface area (TPSA) is 220 Å². The number of carbonyl (C=O) groups is 2. The summed E-state index contributed by atoms with van der Waals surface area (Å²) in [5, 5.41) is 45.2. The first-order valence-electron chi connectivity index (χ1n) is 23.5. The van der Waals surface area contributed by atoms with Gasteiger partial charge < -0.3 is 31.3 Å². The van der Waals surface area contributed by atoms with Crippen LogP contribution in [0.4, 0.5) is 34.4 Å². The monoisotopic (exact) mass is 931 g/mol. The Kier molecular flexibility index (Phi) is 10.9. The Bertz CT molecular complexity index is 3150. The summed E-state index contributed by atoms with van der Waals surface area (Å²) in [4.78, 5) is 36.4. The molecule has 8 aromatic rings. The number of hydrogen-bond donors (Lipinski definition) is 6. The van der Waals surface area contributed by atoms with E-state index < -0.39 is 5.97 Å². The summed E-state index contributed by atoms with van der Waals surface area (Å²) < 4.78 is 3.55. The molecular formula is C54H53N13O3. The first-order chi connectivity index (χ1) is 33.8. The lowest BCUT2D eigenvalue weighted by atomic mass is 9.96. The highest BCUT2D eigenvalue weighted by atomic mass is 16.4. The Labute approximate surface area is 404 Å². The van der Waals surface area contributed by atoms with E-state index in [1.807, 2.05) is 144 Å². The van der Waals surface area contributed by atoms with Gasteiger partial charge in [-0.25, -0.2) is 9.97 Å². The molecule has 4 unspecified atom stereocenters. The number of carbonyl (C=O) groups excluding carboxylic acids is 1. The van der Waals surface area contributed by atoms with Crippen LogP contribution in [-0.2, 0) is 23.7 Å². The van der Waals surface area contributed by atoms with Gasteiger partial charge >= 0.3 is 5.97 Å². The SMILES string of the molecule is Cc1cccc(C(=N)c2cccc3nn(C)cc23)c1Nc1ccc(N2CC3C(C2)C3C(=O)O)nc1.Cc1cccc(C(=N)c2cccc3nn(C)cc23)c1Nc1ccc(N2CC3C(C2)C3C(N)=O)nc1. The molecule has 4 atom stereocenters. The van der Waals surface area contributed by atoms with E-state index in [-0.39, 0.29) is 29.6 Å². The van der Waals surface area contributed by atoms with Crippen molar-refractivity contribution in [3.8, 4) is 0 Å². The number of carboxylic acid groups (broad SMARTS) is 1. The first kappa shape index (κ1) is 44.1. The summed E-state index contributed by atoms with van der Waals surface area (Å²) in [6.07, 6.45) is 7.53. The molecule has 4 aromatic carbocycles. The number of aliphatic carboxylic acids is 1. The zero-order valence-electron chi connectivity index (χ0n) is 39.3. The molecule has 2 aliphatic heterocycles. The van der Waals surface area contributed by atoms with Crippen molar-refractivity contribution < 1.29 is 14.7 Å². The number of anilines is 6. The van der Waals surface area contributed by atoms with Crippen LogP contribution in [0.5, 0.6) is 0 Å². The fourth-order valence-electron chi connectivity index (χ4n) is 10.9. The fraction of sp³-hybridized carbons (Fsp3) is 0.259. The third kappa shape index (κ3) is 8.03. The second-order valence-corrected chi connectivity index (χ2v) is 19.1. The Morgan fingerprint density at radius 3 is 1.37 bits per heavy atom. The fourth-order valence-corrected chi connectivity index (χ4v) is 10.9. The van der Waals surface area contributed by atoms with Gasteiger partial charge in [-0.1, -0.05) is 60.7 Å². The number of aromatic nitrogens is 6. The normalized spacial score (nSPS) is 20.6. The quantitative estimate of drug-likeness (QED) is 0.0649. The predicted molar refractivity (Wildman–Crippen MR) is 273 cm³/mol. The van der Waals surface area contributed by atoms with Gasteiger partial charge in [0.2, 0.25) is 5.91 Å². The van der Waals surface area contributed by atoms with Crippen LogP contribution in [0, 0.1) is 60.2 Å². The molecule has 2 saturated carbocycles. The van der Waals surface area contributed by atoms with Gasteiger partial charge in [-0.05, 0) is 85.0 Å². The van der Waals surface area contributed by atoms with E-state index in [1.54, 1.807) is 15.6 Å². The zero-order chi connectivity index (χ0) is 48.5. The number of amides is 1. The number of primary amides is 1. The number of rotatable bonds is 12. The molecule has 16 nitrogen and oxygen atoms in total. The molecule has 0 spiro atoms. The molecule has 4 fully saturated rings. The van der Waals surface area contributed by atoms with Crippen LogP contribution in [-0.4, -0.2) is 84.1 Å². The van der Waals surface area contributed by atoms with Gasteiger partial charge in [0.15, 0.2) is 0 Å². The standard InChI is InChI=1S/C27H27N7O.C27H26N6O2/c1-15-5-3-7-18(25(28)17-6-4-8-22-19(17)12-33(2)32-22)26(15)31-16-9-10-23(30-11-16)34-13-20-21(14-34)24(20)27(29)35;1-15-5-3-7-18(25(28)17-6-4-8-22-19(17)12-32(2)31-22)26(15)30-16-9-10-23(29-11-16)33-13-20-21(14-33)24(20)27(34)35/h3-12,20-21,24,28,31H,13-14H2,1-2H3,(H2,29,35);3-12,20-21,24,28,30H,13-14H2,1-2H3,(H,34,35). The van der Waals surface area contributed by atoms with Gasteiger partial charge in [0.25, 0.3) is 0 Å². The average Bonchev–Trinajstić information content (AvgIpc) is 3.77. The Balaban J connectivity index is 0.000000152. The maximum absolute atomic E-state index is 11.5. The number of aryl methyl sites for hydroxylation is 4. The number of hydrogen-bond acceptors (Lipinski definition) is 12. The van der Waals surface area contributed by atoms with E-state index >= 15 is 0 Å². The third-order valence-corrected chi connectivity index (χ3v) is 14.6. The number of nitrogens with zero attached hydrogens (tertiary/aromatic N) is 8. The summed E-state index contributed by atoms with van der Waals surface area (Å²) in [5.74, 6) is 2.03. The van der Waals surface area contributed by atoms with Crippen molar-refractivity contribution in [2.45, 2.75) is 13.8 Å². The second kappa shape index (κ2) is 17.3. The molecule has 0 bridgehead atoms. The summed E-state index contributed by atoms with van der Waals surface area (Å²) in [6.45, 7) is 7.23. The van der Waals surface area contributed by atoms with Crippen LogP contribution in [0.3, 0.4) is 0 Å². The van der Waals surface area contributed by atoms with E-state index in [2.05, 4.69) is 40.6 Å². The molecule has 7 N–H and O–H groups in total. The number of benzene rings is 4. The summed E-state index contributed by atoms with van der Waals surface area (Å²) in [5.41, 5.74) is 17.0. The van der Waals surface area contributed by atoms with E-state index in [9.17, 15) is 14.7 Å². The van der Waals surface area contributed by atoms with Crippen molar-refractivity contribution >= 4 is 79.5 Å². The van der Waals surface area contributed by atoms with E-state index in [4.69, 9.17) is 16.6 Å². The number of nitrogens with one attached hydrogen (secondary N) is 4. The Morgan fingerprint density at radius 1 is 0.586 bits per heavy atom. The minimum absolute atomic E-state index is 0.0412. The van der Waals surface area contributed by atoms with Gasteiger partial charge in [-0.15, -0.1) is 0 Å². The van der Waals surface area contributed by atoms with Crippen molar-refractivity contribution in [3.05, 3.63) is 155 Å². The number of nitrogens with two attached hydrogens (primary N) is 1. The molecule has 4 aromatic heterocycles. The molecule has 2 saturated heterocycles. The molecule has 2 aliphatic carbocycles. The van der Waals surface area contributed by atoms with Crippen LogP contribution in [0.15, 0.2) is 122 Å². The maximum Gasteiger partial charge on any atom is 0.307 e. The molecule has 1 amide bonds. The molecule has 12 rings (SSSR count). The molecular weight excluding hydrogens is 879 g/mol. The largest absolute Gasteiger partial charge is 0.481 e. The van der Waals surface area contributed by atoms with Crippen molar-refractivity contribution in [1.82, 2.24) is 29.5 Å². The number of fused-ring (bicyclic) bond motifs is 4. The number of carboxylic acids is 1. The average molecular weight is 932 g/mol. The number of pyridine rings is 2. The maximum atomic E-state index is 11.5. The van der Waals surface area contributed by atoms with Gasteiger partial charge in [-0.3, -0.25) is 29.8 Å². The molecule has 16 heteroatoms. The first-order valence-corrected chi connectivity index (χ1v) is 23.5. The minimum atomic E-state index is -0.675. The lowest BCUT2D eigenvalue weighted by molar-refractivity contribution is -0.139. The van der Waals surface area contributed by atoms with Gasteiger partial charge in [0.05, 0.1) is 63.5 Å². The molecule has 352 valence electrons. The van der Waals surface area contributed by atoms with Gasteiger partial charge in [0, 0.05) is 91.6 Å². The minimum Gasteiger partial charge on any atom is -0.481 e. The number of para-hydroxylation sites is 2. The molecule has 6 heterocycles. The smallest absolute Gasteiger partial charge is 0.307 e. The predicted octanol–water partition coefficient (Wildman–Crippen LogP) is 7.81. The Morgan fingerprint density at radius 2 is 0.986 bits per heavy atom. The Hall–Kier alpha value is -8.40. The van der Waals surface area contributed by atoms with Crippen LogP contribution in [0.1, 0.15) is 33.4 Å². The molecule has 0 radical (unpaired) electrons. The van der Waals surface area contributed by atoms with Crippen molar-refractivity contribution in [2.75, 3.05) is 46.6 Å². The van der Waals surface area contributed by atoms with Gasteiger partial charge in [0.1, 0.15) is 11.6 Å². The van der Waals surface area contributed by atoms with Crippen LogP contribution < -0.4 is 26.2 Å². The zero-order valence-corrected chi connectivity index (χ0v) is 39.3. The molecule has 4 aliphatic rings. The van der Waals surface area contributed by atoms with Crippen molar-refractivity contribution in [2.24, 2.45) is 55.3 Å². The number of piperidine rings is 2. The van der Waals surface area contributed by atoms with Crippen LogP contribution in [0.2, 0.25) is 0 Å². The second-order valence-electron chi connectivity index (χ2n) is 19.1. The van der Waals surface area contributed by atoms with E-state index in [1.165, 1.54) is 0 Å². The highest BCUT2D eigenvalue weighted by molar-refractivity contribution is 6.21. The van der Waals surface area contributed by atoms with E-state index in [0.717, 1.165) is 116 Å². The molecule has 70 heavy (non-hydrogen) atoms. The summed E-state index contributed by atoms with van der Waals surface area (Å²) in [6, 6.07) is 31.7. The van der Waals surface area contributed by atoms with Crippen LogP contribution >= 0.6 is 0 Å². The highest BCUT2D eigenvalue weighted by Gasteiger charge is 2.60. The lowest BCUT2D eigenvalue weighted by Gasteiger charge is -2.21. The lowest BCUT2D eigenvalue weighted by Crippen LogP contribution is -2.28. The van der Waals surface area contributed by atoms with Gasteiger partial charge in [-0.2, -0.15) is 10.2 Å². The highest BCUT2D eigenvalue weighted by Crippen LogP contribution is 2.53. The van der Waals surface area contributed by atoms with E-state index in [0.29, 0.717) is 23.3 Å². The third-order valence-electron chi connectivity index (χ3n) is 14.6. The van der Waals surface area contributed by atoms with Crippen LogP contribution in [0.25, 0.3) is 21.8 Å². The summed E-state index contributed by atoms with van der Waals surface area (Å²) in [7, 11) is 3.78. The summed E-state index contributed by atoms with van der Waals surface area (Å²) >= 11 is 0. The van der Waals surface area contributed by atoms with Crippen molar-refractivity contribution in [3.63, 3.8) is 0 Å².